The number of carboxylic acid groups (broad SMARTS) is 1. The molecule has 0 aromatic heterocycles. The van der Waals surface area contributed by atoms with E-state index < -0.39 is 17.9 Å². The van der Waals surface area contributed by atoms with Gasteiger partial charge in [0.1, 0.15) is 11.8 Å². The number of hydrogen-bond donors (Lipinski definition) is 4. The van der Waals surface area contributed by atoms with Crippen LogP contribution in [-0.4, -0.2) is 54.9 Å². The second-order valence-electron chi connectivity index (χ2n) is 4.50. The van der Waals surface area contributed by atoms with Crippen LogP contribution in [0.25, 0.3) is 0 Å². The number of carbonyl (C=O) groups excluding carboxylic acids is 1. The zero-order valence-corrected chi connectivity index (χ0v) is 11.8. The van der Waals surface area contributed by atoms with E-state index in [4.69, 9.17) is 9.84 Å². The average Bonchev–Trinajstić information content (AvgIpc) is 2.45. The predicted molar refractivity (Wildman–Crippen MR) is 76.1 cm³/mol. The van der Waals surface area contributed by atoms with E-state index in [9.17, 15) is 14.7 Å². The van der Waals surface area contributed by atoms with Crippen LogP contribution in [0, 0.1) is 0 Å². The summed E-state index contributed by atoms with van der Waals surface area (Å²) in [5.41, 5.74) is 0.716. The lowest BCUT2D eigenvalue weighted by molar-refractivity contribution is -0.141. The molecule has 0 saturated carbocycles. The van der Waals surface area contributed by atoms with Crippen LogP contribution >= 0.6 is 0 Å². The highest BCUT2D eigenvalue weighted by Crippen LogP contribution is 2.11. The molecule has 7 nitrogen and oxygen atoms in total. The Morgan fingerprint density at radius 2 is 1.95 bits per heavy atom. The Hall–Kier alpha value is -2.12. The number of phenols is 1. The van der Waals surface area contributed by atoms with Gasteiger partial charge in [-0.2, -0.15) is 0 Å². The summed E-state index contributed by atoms with van der Waals surface area (Å²) >= 11 is 0. The minimum absolute atomic E-state index is 0.0305. The highest BCUT2D eigenvalue weighted by atomic mass is 16.5. The van der Waals surface area contributed by atoms with E-state index in [2.05, 4.69) is 10.6 Å². The van der Waals surface area contributed by atoms with E-state index in [0.717, 1.165) is 0 Å². The third-order valence-corrected chi connectivity index (χ3v) is 2.78. The summed E-state index contributed by atoms with van der Waals surface area (Å²) in [5.74, 6) is -1.39. The van der Waals surface area contributed by atoms with E-state index in [1.807, 2.05) is 0 Å². The maximum atomic E-state index is 11.6. The standard InChI is InChI=1S/C14H20N2O5/c1-21-7-6-15-9-13(18)16-12(14(19)20)8-10-2-4-11(17)5-3-10/h2-5,12,15,17H,6-9H2,1H3,(H,16,18)(H,19,20). The molecule has 21 heavy (non-hydrogen) atoms. The van der Waals surface area contributed by atoms with Crippen molar-refractivity contribution < 1.29 is 24.5 Å². The number of rotatable bonds is 9. The van der Waals surface area contributed by atoms with Gasteiger partial charge in [-0.05, 0) is 17.7 Å². The van der Waals surface area contributed by atoms with Gasteiger partial charge in [-0.1, -0.05) is 12.1 Å². The van der Waals surface area contributed by atoms with E-state index >= 15 is 0 Å². The highest BCUT2D eigenvalue weighted by molar-refractivity contribution is 5.84. The third kappa shape index (κ3) is 6.73. The van der Waals surface area contributed by atoms with Crippen LogP contribution < -0.4 is 10.6 Å². The van der Waals surface area contributed by atoms with Crippen LogP contribution in [0.5, 0.6) is 5.75 Å². The molecule has 1 aromatic rings. The fourth-order valence-corrected chi connectivity index (χ4v) is 1.69. The number of carbonyl (C=O) groups is 2. The fraction of sp³-hybridized carbons (Fsp3) is 0.429. The number of carboxylic acids is 1. The smallest absolute Gasteiger partial charge is 0.326 e. The van der Waals surface area contributed by atoms with Gasteiger partial charge in [-0.3, -0.25) is 4.79 Å². The molecule has 0 aliphatic rings. The van der Waals surface area contributed by atoms with Crippen molar-refractivity contribution in [3.8, 4) is 5.75 Å². The first kappa shape index (κ1) is 16.9. The Morgan fingerprint density at radius 1 is 1.29 bits per heavy atom. The van der Waals surface area contributed by atoms with Gasteiger partial charge in [0.25, 0.3) is 0 Å². The van der Waals surface area contributed by atoms with Crippen LogP contribution in [0.2, 0.25) is 0 Å². The number of ether oxygens (including phenoxy) is 1. The summed E-state index contributed by atoms with van der Waals surface area (Å²) in [6, 6.07) is 5.18. The number of aromatic hydroxyl groups is 1. The van der Waals surface area contributed by atoms with Crippen molar-refractivity contribution in [3.63, 3.8) is 0 Å². The van der Waals surface area contributed by atoms with Gasteiger partial charge in [0.2, 0.25) is 5.91 Å². The molecule has 7 heteroatoms. The minimum Gasteiger partial charge on any atom is -0.508 e. The summed E-state index contributed by atoms with van der Waals surface area (Å²) < 4.78 is 4.82. The monoisotopic (exact) mass is 296 g/mol. The van der Waals surface area contributed by atoms with Gasteiger partial charge in [-0.15, -0.1) is 0 Å². The Bertz CT molecular complexity index is 461. The molecule has 0 bridgehead atoms. The van der Waals surface area contributed by atoms with Crippen LogP contribution in [0.4, 0.5) is 0 Å². The molecule has 0 saturated heterocycles. The Balaban J connectivity index is 2.48. The highest BCUT2D eigenvalue weighted by Gasteiger charge is 2.20. The third-order valence-electron chi connectivity index (χ3n) is 2.78. The van der Waals surface area contributed by atoms with Crippen LogP contribution in [0.3, 0.4) is 0 Å². The molecule has 0 spiro atoms. The zero-order chi connectivity index (χ0) is 15.7. The van der Waals surface area contributed by atoms with Crippen LogP contribution in [0.1, 0.15) is 5.56 Å². The number of hydrogen-bond acceptors (Lipinski definition) is 5. The van der Waals surface area contributed by atoms with E-state index in [1.54, 1.807) is 19.2 Å². The summed E-state index contributed by atoms with van der Waals surface area (Å²) in [6.45, 7) is 1.02. The summed E-state index contributed by atoms with van der Waals surface area (Å²) in [4.78, 5) is 22.8. The molecule has 0 heterocycles. The first-order valence-corrected chi connectivity index (χ1v) is 6.52. The molecular weight excluding hydrogens is 276 g/mol. The first-order valence-electron chi connectivity index (χ1n) is 6.52. The van der Waals surface area contributed by atoms with Gasteiger partial charge in [0, 0.05) is 20.1 Å². The molecule has 1 amide bonds. The Labute approximate surface area is 122 Å². The second kappa shape index (κ2) is 8.93. The van der Waals surface area contributed by atoms with Crippen molar-refractivity contribution >= 4 is 11.9 Å². The SMILES string of the molecule is COCCNCC(=O)NC(Cc1ccc(O)cc1)C(=O)O. The van der Waals surface area contributed by atoms with Crippen molar-refractivity contribution in [1.82, 2.24) is 10.6 Å². The molecule has 1 rings (SSSR count). The van der Waals surface area contributed by atoms with Crippen molar-refractivity contribution in [2.45, 2.75) is 12.5 Å². The van der Waals surface area contributed by atoms with Gasteiger partial charge in [0.05, 0.1) is 13.2 Å². The first-order chi connectivity index (χ1) is 10.0. The average molecular weight is 296 g/mol. The second-order valence-corrected chi connectivity index (χ2v) is 4.50. The van der Waals surface area contributed by atoms with E-state index in [-0.39, 0.29) is 18.7 Å². The van der Waals surface area contributed by atoms with Crippen LogP contribution in [-0.2, 0) is 20.7 Å². The molecular formula is C14H20N2O5. The minimum atomic E-state index is -1.10. The van der Waals surface area contributed by atoms with Crippen molar-refractivity contribution in [1.29, 1.82) is 0 Å². The molecule has 0 radical (unpaired) electrons. The van der Waals surface area contributed by atoms with E-state index in [0.29, 0.717) is 18.7 Å². The molecule has 4 N–H and O–H groups in total. The molecule has 1 atom stereocenters. The van der Waals surface area contributed by atoms with Crippen molar-refractivity contribution in [2.24, 2.45) is 0 Å². The van der Waals surface area contributed by atoms with Crippen molar-refractivity contribution in [2.75, 3.05) is 26.8 Å². The van der Waals surface area contributed by atoms with E-state index in [1.165, 1.54) is 12.1 Å². The maximum Gasteiger partial charge on any atom is 0.326 e. The van der Waals surface area contributed by atoms with Crippen molar-refractivity contribution in [3.05, 3.63) is 29.8 Å². The quantitative estimate of drug-likeness (QED) is 0.468. The van der Waals surface area contributed by atoms with Gasteiger partial charge < -0.3 is 25.6 Å². The lowest BCUT2D eigenvalue weighted by Crippen LogP contribution is -2.46. The number of benzene rings is 1. The molecule has 0 aliphatic carbocycles. The normalized spacial score (nSPS) is 11.9. The predicted octanol–water partition coefficient (Wildman–Crippen LogP) is -0.260. The zero-order valence-electron chi connectivity index (χ0n) is 11.8. The molecule has 0 aliphatic heterocycles. The number of amides is 1. The van der Waals surface area contributed by atoms with Crippen LogP contribution in [0.15, 0.2) is 24.3 Å². The number of methoxy groups -OCH3 is 1. The number of nitrogens with one attached hydrogen (secondary N) is 2. The summed E-state index contributed by atoms with van der Waals surface area (Å²) in [6.07, 6.45) is 0.152. The summed E-state index contributed by atoms with van der Waals surface area (Å²) in [5, 5.41) is 23.6. The lowest BCUT2D eigenvalue weighted by Gasteiger charge is -2.15. The molecule has 1 aromatic carbocycles. The lowest BCUT2D eigenvalue weighted by atomic mass is 10.1. The topological polar surface area (TPSA) is 108 Å². The summed E-state index contributed by atoms with van der Waals surface area (Å²) in [7, 11) is 1.56. The van der Waals surface area contributed by atoms with Gasteiger partial charge in [0.15, 0.2) is 0 Å². The Kier molecular flexibility index (Phi) is 7.20. The Morgan fingerprint density at radius 3 is 2.52 bits per heavy atom. The molecule has 0 fully saturated rings. The van der Waals surface area contributed by atoms with Gasteiger partial charge in [-0.25, -0.2) is 4.79 Å². The molecule has 1 unspecified atom stereocenters. The maximum absolute atomic E-state index is 11.6. The van der Waals surface area contributed by atoms with Gasteiger partial charge >= 0.3 is 5.97 Å². The number of phenolic OH excluding ortho intramolecular Hbond substituents is 1. The fourth-order valence-electron chi connectivity index (χ4n) is 1.69. The number of aliphatic carboxylic acids is 1. The molecule has 116 valence electrons. The largest absolute Gasteiger partial charge is 0.508 e.